The average molecular weight is 364 g/mol. The van der Waals surface area contributed by atoms with Crippen molar-refractivity contribution in [2.75, 3.05) is 13.2 Å². The normalized spacial score (nSPS) is 23.6. The number of carbonyl (C=O) groups is 1. The maximum Gasteiger partial charge on any atom is 0.379 e. The number of furan rings is 1. The number of hydrogen-bond acceptors (Lipinski definition) is 6. The van der Waals surface area contributed by atoms with Gasteiger partial charge >= 0.3 is 13.6 Å². The molecule has 1 aromatic heterocycles. The van der Waals surface area contributed by atoms with Gasteiger partial charge in [-0.05, 0) is 26.0 Å². The molecule has 0 spiro atoms. The van der Waals surface area contributed by atoms with Crippen molar-refractivity contribution >= 4 is 13.6 Å². The molecular weight excluding hydrogens is 343 g/mol. The van der Waals surface area contributed by atoms with E-state index in [1.54, 1.807) is 50.2 Å². The highest BCUT2D eigenvalue weighted by molar-refractivity contribution is 7.55. The highest BCUT2D eigenvalue weighted by Crippen LogP contribution is 2.73. The predicted octanol–water partition coefficient (Wildman–Crippen LogP) is 4.43. The van der Waals surface area contributed by atoms with E-state index in [1.807, 2.05) is 6.07 Å². The summed E-state index contributed by atoms with van der Waals surface area (Å²) in [6.07, 6.45) is 1.55. The first-order valence-corrected chi connectivity index (χ1v) is 9.81. The molecule has 134 valence electrons. The van der Waals surface area contributed by atoms with Crippen LogP contribution in [0.15, 0.2) is 53.1 Å². The topological polar surface area (TPSA) is 75.0 Å². The predicted molar refractivity (Wildman–Crippen MR) is 91.1 cm³/mol. The van der Waals surface area contributed by atoms with Gasteiger partial charge in [-0.1, -0.05) is 30.3 Å². The molecule has 0 N–H and O–H groups in total. The molecular formula is C18H21O6P. The maximum absolute atomic E-state index is 13.8. The van der Waals surface area contributed by atoms with Gasteiger partial charge in [0.05, 0.1) is 31.8 Å². The van der Waals surface area contributed by atoms with E-state index in [4.69, 9.17) is 18.2 Å². The van der Waals surface area contributed by atoms with Gasteiger partial charge in [0.2, 0.25) is 5.34 Å². The van der Waals surface area contributed by atoms with Gasteiger partial charge in [0.15, 0.2) is 0 Å². The summed E-state index contributed by atoms with van der Waals surface area (Å²) in [5.74, 6) is -0.569. The Bertz CT molecular complexity index is 747. The van der Waals surface area contributed by atoms with Crippen molar-refractivity contribution in [3.63, 3.8) is 0 Å². The Labute approximate surface area is 146 Å². The SMILES string of the molecule is CCOP(=O)(OCC)[C@@]1(c2ccccc2)OC(=O)C[C@H]1c1ccco1. The van der Waals surface area contributed by atoms with Crippen LogP contribution in [0.2, 0.25) is 0 Å². The lowest BCUT2D eigenvalue weighted by Crippen LogP contribution is -2.33. The van der Waals surface area contributed by atoms with E-state index in [-0.39, 0.29) is 19.6 Å². The van der Waals surface area contributed by atoms with Gasteiger partial charge in [0, 0.05) is 5.56 Å². The van der Waals surface area contributed by atoms with Crippen LogP contribution >= 0.6 is 7.60 Å². The van der Waals surface area contributed by atoms with Gasteiger partial charge < -0.3 is 18.2 Å². The number of hydrogen-bond donors (Lipinski definition) is 0. The summed E-state index contributed by atoms with van der Waals surface area (Å²) in [6.45, 7) is 3.77. The molecule has 1 aliphatic heterocycles. The summed E-state index contributed by atoms with van der Waals surface area (Å²) in [6, 6.07) is 12.4. The van der Waals surface area contributed by atoms with E-state index >= 15 is 0 Å². The van der Waals surface area contributed by atoms with Gasteiger partial charge in [-0.2, -0.15) is 0 Å². The fourth-order valence-electron chi connectivity index (χ4n) is 3.29. The van der Waals surface area contributed by atoms with E-state index in [0.29, 0.717) is 11.3 Å². The molecule has 1 saturated heterocycles. The second-order valence-corrected chi connectivity index (χ2v) is 7.82. The standard InChI is InChI=1S/C18H21O6P/c1-3-22-25(20,23-4-2)18(14-9-6-5-7-10-14)15(13-17(19)24-18)16-11-8-12-21-16/h5-12,15H,3-4,13H2,1-2H3/t15-,18+/m0/s1. The molecule has 0 aliphatic carbocycles. The van der Waals surface area contributed by atoms with Gasteiger partial charge in [0.25, 0.3) is 0 Å². The Hall–Kier alpha value is -1.88. The molecule has 3 rings (SSSR count). The van der Waals surface area contributed by atoms with Gasteiger partial charge in [-0.15, -0.1) is 0 Å². The first kappa shape index (κ1) is 17.9. The number of cyclic esters (lactones) is 1. The molecule has 1 aliphatic rings. The Morgan fingerprint density at radius 1 is 1.12 bits per heavy atom. The van der Waals surface area contributed by atoms with E-state index in [2.05, 4.69) is 0 Å². The molecule has 0 unspecified atom stereocenters. The van der Waals surface area contributed by atoms with Gasteiger partial charge in [0.1, 0.15) is 5.76 Å². The average Bonchev–Trinajstić information content (AvgIpc) is 3.24. The van der Waals surface area contributed by atoms with Crippen LogP contribution in [0.4, 0.5) is 0 Å². The third-order valence-corrected chi connectivity index (χ3v) is 6.86. The van der Waals surface area contributed by atoms with Gasteiger partial charge in [-0.25, -0.2) is 0 Å². The van der Waals surface area contributed by atoms with Crippen molar-refractivity contribution in [1.82, 2.24) is 0 Å². The van der Waals surface area contributed by atoms with E-state index < -0.39 is 24.8 Å². The maximum atomic E-state index is 13.8. The molecule has 0 bridgehead atoms. The smallest absolute Gasteiger partial charge is 0.379 e. The lowest BCUT2D eigenvalue weighted by molar-refractivity contribution is -0.145. The zero-order chi connectivity index (χ0) is 17.9. The first-order valence-electron chi connectivity index (χ1n) is 8.27. The largest absolute Gasteiger partial charge is 0.469 e. The zero-order valence-corrected chi connectivity index (χ0v) is 15.1. The quantitative estimate of drug-likeness (QED) is 0.534. The minimum Gasteiger partial charge on any atom is -0.469 e. The molecule has 25 heavy (non-hydrogen) atoms. The molecule has 0 amide bonds. The van der Waals surface area contributed by atoms with Crippen LogP contribution in [0.5, 0.6) is 0 Å². The van der Waals surface area contributed by atoms with Gasteiger partial charge in [-0.3, -0.25) is 9.36 Å². The minimum atomic E-state index is -3.86. The zero-order valence-electron chi connectivity index (χ0n) is 14.2. The molecule has 0 saturated carbocycles. The highest BCUT2D eigenvalue weighted by atomic mass is 31.2. The number of benzene rings is 1. The van der Waals surface area contributed by atoms with Crippen LogP contribution in [0.3, 0.4) is 0 Å². The Morgan fingerprint density at radius 3 is 2.36 bits per heavy atom. The molecule has 2 atom stereocenters. The van der Waals surface area contributed by atoms with Crippen molar-refractivity contribution in [1.29, 1.82) is 0 Å². The summed E-state index contributed by atoms with van der Waals surface area (Å²) in [7, 11) is -3.86. The summed E-state index contributed by atoms with van der Waals surface area (Å²) in [5, 5.41) is -1.57. The summed E-state index contributed by atoms with van der Waals surface area (Å²) >= 11 is 0. The molecule has 0 radical (unpaired) electrons. The minimum absolute atomic E-state index is 0.0343. The third kappa shape index (κ3) is 2.95. The van der Waals surface area contributed by atoms with Crippen molar-refractivity contribution in [3.8, 4) is 0 Å². The van der Waals surface area contributed by atoms with Crippen LogP contribution in [0.1, 0.15) is 37.5 Å². The van der Waals surface area contributed by atoms with Crippen molar-refractivity contribution in [3.05, 3.63) is 60.1 Å². The highest BCUT2D eigenvalue weighted by Gasteiger charge is 2.66. The van der Waals surface area contributed by atoms with E-state index in [1.165, 1.54) is 6.26 Å². The number of rotatable bonds is 7. The molecule has 7 heteroatoms. The number of ether oxygens (including phenoxy) is 1. The lowest BCUT2D eigenvalue weighted by atomic mass is 9.92. The van der Waals surface area contributed by atoms with E-state index in [0.717, 1.165) is 0 Å². The molecule has 1 aromatic carbocycles. The molecule has 1 fully saturated rings. The Balaban J connectivity index is 2.25. The third-order valence-electron chi connectivity index (χ3n) is 4.19. The number of carbonyl (C=O) groups excluding carboxylic acids is 1. The van der Waals surface area contributed by atoms with Crippen LogP contribution in [0.25, 0.3) is 0 Å². The van der Waals surface area contributed by atoms with Crippen molar-refractivity contribution in [2.24, 2.45) is 0 Å². The lowest BCUT2D eigenvalue weighted by Gasteiger charge is -2.37. The van der Waals surface area contributed by atoms with Crippen LogP contribution in [0, 0.1) is 0 Å². The van der Waals surface area contributed by atoms with E-state index in [9.17, 15) is 9.36 Å². The van der Waals surface area contributed by atoms with Crippen molar-refractivity contribution in [2.45, 2.75) is 31.5 Å². The van der Waals surface area contributed by atoms with Crippen molar-refractivity contribution < 1.29 is 27.6 Å². The number of esters is 1. The molecule has 2 aromatic rings. The summed E-state index contributed by atoms with van der Waals surface area (Å²) in [4.78, 5) is 12.3. The Morgan fingerprint density at radius 2 is 1.80 bits per heavy atom. The Kier molecular flexibility index (Phi) is 5.13. The van der Waals surface area contributed by atoms with Crippen LogP contribution in [-0.4, -0.2) is 19.2 Å². The fraction of sp³-hybridized carbons (Fsp3) is 0.389. The molecule has 2 heterocycles. The summed E-state index contributed by atoms with van der Waals surface area (Å²) < 4.78 is 36.3. The monoisotopic (exact) mass is 364 g/mol. The first-order chi connectivity index (χ1) is 12.1. The molecule has 6 nitrogen and oxygen atoms in total. The summed E-state index contributed by atoms with van der Waals surface area (Å²) in [5.41, 5.74) is 0.562. The second kappa shape index (κ2) is 7.16. The van der Waals surface area contributed by atoms with Crippen LogP contribution < -0.4 is 0 Å². The van der Waals surface area contributed by atoms with Crippen LogP contribution in [-0.2, 0) is 28.5 Å². The fourth-order valence-corrected chi connectivity index (χ4v) is 5.70. The second-order valence-electron chi connectivity index (χ2n) is 5.64.